The average molecular weight is 324 g/mol. The van der Waals surface area contributed by atoms with Gasteiger partial charge in [0.05, 0.1) is 6.61 Å². The van der Waals surface area contributed by atoms with Crippen molar-refractivity contribution in [1.29, 1.82) is 0 Å². The second-order valence-corrected chi connectivity index (χ2v) is 6.54. The molecule has 8 heteroatoms. The molecule has 0 saturated heterocycles. The van der Waals surface area contributed by atoms with Crippen LogP contribution in [0, 0.1) is 0 Å². The molecule has 21 heavy (non-hydrogen) atoms. The van der Waals surface area contributed by atoms with Crippen LogP contribution in [-0.2, 0) is 27.6 Å². The quantitative estimate of drug-likeness (QED) is 0.486. The number of rotatable bonds is 10. The third-order valence-electron chi connectivity index (χ3n) is 2.03. The van der Waals surface area contributed by atoms with Crippen molar-refractivity contribution in [2.45, 2.75) is 47.1 Å². The highest BCUT2D eigenvalue weighted by Crippen LogP contribution is 2.18. The number of ether oxygens (including phenoxy) is 1. The summed E-state index contributed by atoms with van der Waals surface area (Å²) in [5, 5.41) is 7.42. The third kappa shape index (κ3) is 13.8. The van der Waals surface area contributed by atoms with Crippen LogP contribution in [0.3, 0.4) is 0 Å². The number of hydrogen-bond donors (Lipinski definition) is 1. The molecule has 0 aliphatic rings. The second-order valence-electron chi connectivity index (χ2n) is 3.81. The van der Waals surface area contributed by atoms with Gasteiger partial charge in [-0.2, -0.15) is 0 Å². The molecule has 0 heterocycles. The van der Waals surface area contributed by atoms with Crippen molar-refractivity contribution < 1.29 is 32.7 Å². The molecule has 0 radical (unpaired) electrons. The van der Waals surface area contributed by atoms with Gasteiger partial charge in [-0.05, 0) is 27.7 Å². The normalized spacial score (nSPS) is 10.5. The van der Waals surface area contributed by atoms with E-state index in [1.807, 2.05) is 20.8 Å². The Morgan fingerprint density at radius 1 is 0.905 bits per heavy atom. The molecule has 0 spiro atoms. The summed E-state index contributed by atoms with van der Waals surface area (Å²) in [5.74, 6) is -1.07. The minimum atomic E-state index is -2.69. The van der Waals surface area contributed by atoms with Crippen molar-refractivity contribution in [3.8, 4) is 0 Å². The van der Waals surface area contributed by atoms with Crippen molar-refractivity contribution in [3.05, 3.63) is 0 Å². The highest BCUT2D eigenvalue weighted by atomic mass is 28.4. The van der Waals surface area contributed by atoms with Crippen LogP contribution < -0.4 is 0 Å². The average Bonchev–Trinajstić information content (AvgIpc) is 2.37. The number of carbonyl (C=O) groups excluding carboxylic acids is 1. The van der Waals surface area contributed by atoms with Crippen LogP contribution in [0.15, 0.2) is 0 Å². The van der Waals surface area contributed by atoms with Crippen molar-refractivity contribution in [1.82, 2.24) is 0 Å². The van der Waals surface area contributed by atoms with Crippen LogP contribution >= 0.6 is 0 Å². The summed E-state index contributed by atoms with van der Waals surface area (Å²) in [6.07, 6.45) is 0.278. The van der Waals surface area contributed by atoms with Crippen LogP contribution in [0.5, 0.6) is 0 Å². The molecular weight excluding hydrogens is 296 g/mol. The second kappa shape index (κ2) is 14.0. The zero-order valence-electron chi connectivity index (χ0n) is 13.6. The number of esters is 1. The van der Waals surface area contributed by atoms with Gasteiger partial charge in [0.1, 0.15) is 0 Å². The molecular formula is C13H28O7Si. The molecule has 0 unspecified atom stereocenters. The summed E-state index contributed by atoms with van der Waals surface area (Å²) in [5.41, 5.74) is 0. The SMILES string of the molecule is CC(=O)O.CCOC(=O)CC[Si](OCC)(OCC)OCC. The molecule has 0 bridgehead atoms. The molecule has 7 nitrogen and oxygen atoms in total. The lowest BCUT2D eigenvalue weighted by atomic mass is 10.5. The Labute approximate surface area is 127 Å². The van der Waals surface area contributed by atoms with E-state index in [2.05, 4.69) is 0 Å². The van der Waals surface area contributed by atoms with Gasteiger partial charge >= 0.3 is 14.8 Å². The van der Waals surface area contributed by atoms with Crippen molar-refractivity contribution in [2.24, 2.45) is 0 Å². The van der Waals surface area contributed by atoms with E-state index in [-0.39, 0.29) is 12.4 Å². The number of carboxylic acid groups (broad SMARTS) is 1. The molecule has 0 atom stereocenters. The van der Waals surface area contributed by atoms with Gasteiger partial charge in [-0.1, -0.05) is 0 Å². The predicted octanol–water partition coefficient (Wildman–Crippen LogP) is 2.08. The predicted molar refractivity (Wildman–Crippen MR) is 80.0 cm³/mol. The standard InChI is InChI=1S/C11H24O5Si.C2H4O2/c1-5-13-11(12)9-10-17(14-6-2,15-7-3)16-8-4;1-2(3)4/h5-10H2,1-4H3;1H3,(H,3,4). The molecule has 0 aliphatic carbocycles. The first-order valence-electron chi connectivity index (χ1n) is 7.14. The summed E-state index contributed by atoms with van der Waals surface area (Å²) in [6, 6.07) is 0.474. The van der Waals surface area contributed by atoms with E-state index in [0.29, 0.717) is 32.5 Å². The Morgan fingerprint density at radius 2 is 1.29 bits per heavy atom. The monoisotopic (exact) mass is 324 g/mol. The maximum atomic E-state index is 11.3. The summed E-state index contributed by atoms with van der Waals surface area (Å²) >= 11 is 0. The zero-order chi connectivity index (χ0) is 16.7. The van der Waals surface area contributed by atoms with Crippen LogP contribution in [0.4, 0.5) is 0 Å². The Hall–Kier alpha value is -0.963. The Balaban J connectivity index is 0. The lowest BCUT2D eigenvalue weighted by molar-refractivity contribution is -0.143. The Kier molecular flexibility index (Phi) is 14.9. The van der Waals surface area contributed by atoms with E-state index in [1.165, 1.54) is 0 Å². The first-order valence-corrected chi connectivity index (χ1v) is 9.07. The lowest BCUT2D eigenvalue weighted by Gasteiger charge is -2.28. The van der Waals surface area contributed by atoms with E-state index < -0.39 is 14.8 Å². The lowest BCUT2D eigenvalue weighted by Crippen LogP contribution is -2.46. The van der Waals surface area contributed by atoms with E-state index in [4.69, 9.17) is 27.9 Å². The Morgan fingerprint density at radius 3 is 1.57 bits per heavy atom. The fourth-order valence-corrected chi connectivity index (χ4v) is 4.00. The number of hydrogen-bond acceptors (Lipinski definition) is 6. The van der Waals surface area contributed by atoms with Gasteiger partial charge in [-0.25, -0.2) is 0 Å². The smallest absolute Gasteiger partial charge is 0.481 e. The maximum Gasteiger partial charge on any atom is 0.501 e. The topological polar surface area (TPSA) is 91.3 Å². The zero-order valence-corrected chi connectivity index (χ0v) is 14.6. The van der Waals surface area contributed by atoms with Crippen molar-refractivity contribution in [3.63, 3.8) is 0 Å². The first-order chi connectivity index (χ1) is 9.87. The van der Waals surface area contributed by atoms with Gasteiger partial charge in [-0.15, -0.1) is 0 Å². The number of aliphatic carboxylic acids is 1. The summed E-state index contributed by atoms with van der Waals surface area (Å²) in [4.78, 5) is 20.3. The number of carbonyl (C=O) groups is 2. The molecule has 0 aromatic rings. The summed E-state index contributed by atoms with van der Waals surface area (Å²) in [6.45, 7) is 10.5. The fourth-order valence-electron chi connectivity index (χ4n) is 1.49. The van der Waals surface area contributed by atoms with Crippen molar-refractivity contribution in [2.75, 3.05) is 26.4 Å². The van der Waals surface area contributed by atoms with Crippen LogP contribution in [-0.4, -0.2) is 52.3 Å². The highest BCUT2D eigenvalue weighted by Gasteiger charge is 2.40. The van der Waals surface area contributed by atoms with E-state index in [0.717, 1.165) is 6.92 Å². The van der Waals surface area contributed by atoms with E-state index in [9.17, 15) is 4.79 Å². The Bertz CT molecular complexity index is 263. The largest absolute Gasteiger partial charge is 0.501 e. The molecule has 0 aromatic carbocycles. The molecule has 0 aliphatic heterocycles. The minimum absolute atomic E-state index is 0.233. The number of carboxylic acids is 1. The van der Waals surface area contributed by atoms with Crippen LogP contribution in [0.1, 0.15) is 41.0 Å². The van der Waals surface area contributed by atoms with Gasteiger partial charge < -0.3 is 23.1 Å². The van der Waals surface area contributed by atoms with Crippen LogP contribution in [0.2, 0.25) is 6.04 Å². The molecule has 0 aromatic heterocycles. The molecule has 0 saturated carbocycles. The van der Waals surface area contributed by atoms with Gasteiger partial charge in [0.25, 0.3) is 5.97 Å². The molecule has 126 valence electrons. The van der Waals surface area contributed by atoms with Crippen molar-refractivity contribution >= 4 is 20.7 Å². The summed E-state index contributed by atoms with van der Waals surface area (Å²) in [7, 11) is -2.69. The van der Waals surface area contributed by atoms with Gasteiger partial charge in [0.2, 0.25) is 0 Å². The van der Waals surface area contributed by atoms with Crippen LogP contribution in [0.25, 0.3) is 0 Å². The van der Waals surface area contributed by atoms with E-state index >= 15 is 0 Å². The van der Waals surface area contributed by atoms with E-state index in [1.54, 1.807) is 6.92 Å². The fraction of sp³-hybridized carbons (Fsp3) is 0.846. The first kappa shape index (κ1) is 22.3. The third-order valence-corrected chi connectivity index (χ3v) is 5.08. The molecule has 1 N–H and O–H groups in total. The van der Waals surface area contributed by atoms with Gasteiger partial charge in [0, 0.05) is 39.2 Å². The minimum Gasteiger partial charge on any atom is -0.481 e. The summed E-state index contributed by atoms with van der Waals surface area (Å²) < 4.78 is 21.8. The molecule has 0 amide bonds. The van der Waals surface area contributed by atoms with Gasteiger partial charge in [-0.3, -0.25) is 9.59 Å². The van der Waals surface area contributed by atoms with Gasteiger partial charge in [0.15, 0.2) is 0 Å². The molecule has 0 rings (SSSR count). The molecule has 0 fully saturated rings. The highest BCUT2D eigenvalue weighted by molar-refractivity contribution is 6.60. The maximum absolute atomic E-state index is 11.3.